The third-order valence-electron chi connectivity index (χ3n) is 5.16. The van der Waals surface area contributed by atoms with Crippen LogP contribution in [0, 0.1) is 5.82 Å². The fourth-order valence-electron chi connectivity index (χ4n) is 3.47. The van der Waals surface area contributed by atoms with Gasteiger partial charge < -0.3 is 15.4 Å². The number of nitrogens with one attached hydrogen (secondary N) is 2. The van der Waals surface area contributed by atoms with Crippen LogP contribution in [0.2, 0.25) is 0 Å². The lowest BCUT2D eigenvalue weighted by Gasteiger charge is -2.23. The van der Waals surface area contributed by atoms with Crippen LogP contribution in [-0.4, -0.2) is 63.4 Å². The summed E-state index contributed by atoms with van der Waals surface area (Å²) in [6, 6.07) is 8.02. The first-order valence-electron chi connectivity index (χ1n) is 9.83. The number of aryl methyl sites for hydroxylation is 1. The highest BCUT2D eigenvalue weighted by atomic mass is 19.1. The molecule has 11 nitrogen and oxygen atoms in total. The number of amides is 2. The number of hydrogen-bond donors (Lipinski definition) is 2. The van der Waals surface area contributed by atoms with Crippen LogP contribution in [0.1, 0.15) is 6.92 Å². The predicted octanol–water partition coefficient (Wildman–Crippen LogP) is 1.75. The highest BCUT2D eigenvalue weighted by molar-refractivity contribution is 5.85. The Balaban J connectivity index is 1.50. The Labute approximate surface area is 182 Å². The number of anilines is 2. The predicted molar refractivity (Wildman–Crippen MR) is 113 cm³/mol. The molecule has 0 spiro atoms. The normalized spacial score (nSPS) is 20.1. The quantitative estimate of drug-likeness (QED) is 0.555. The molecule has 0 bridgehead atoms. The Kier molecular flexibility index (Phi) is 5.53. The minimum Gasteiger partial charge on any atom is -0.408 e. The van der Waals surface area contributed by atoms with Crippen molar-refractivity contribution in [3.8, 4) is 11.1 Å². The first-order chi connectivity index (χ1) is 15.2. The van der Waals surface area contributed by atoms with Crippen LogP contribution in [0.5, 0.6) is 0 Å². The van der Waals surface area contributed by atoms with E-state index in [1.165, 1.54) is 24.0 Å². The van der Waals surface area contributed by atoms with Gasteiger partial charge >= 0.3 is 6.09 Å². The minimum absolute atomic E-state index is 0.208. The number of benzene rings is 1. The molecule has 32 heavy (non-hydrogen) atoms. The van der Waals surface area contributed by atoms with Crippen LogP contribution >= 0.6 is 0 Å². The fraction of sp³-hybridized carbons (Fsp3) is 0.300. The average molecular weight is 441 g/mol. The van der Waals surface area contributed by atoms with Gasteiger partial charge in [0.1, 0.15) is 23.9 Å². The number of pyridine rings is 1. The maximum atomic E-state index is 15.0. The van der Waals surface area contributed by atoms with E-state index in [4.69, 9.17) is 4.74 Å². The van der Waals surface area contributed by atoms with E-state index in [1.54, 1.807) is 38.4 Å². The zero-order valence-electron chi connectivity index (χ0n) is 17.7. The molecule has 1 aliphatic heterocycles. The van der Waals surface area contributed by atoms with Crippen molar-refractivity contribution in [2.24, 2.45) is 7.05 Å². The van der Waals surface area contributed by atoms with E-state index in [0.717, 1.165) is 0 Å². The van der Waals surface area contributed by atoms with Gasteiger partial charge in [-0.15, -0.1) is 5.10 Å². The number of tetrazole rings is 1. The van der Waals surface area contributed by atoms with Crippen LogP contribution in [0.4, 0.5) is 26.6 Å². The molecule has 3 heterocycles. The molecule has 0 aliphatic carbocycles. The van der Waals surface area contributed by atoms with Gasteiger partial charge in [-0.3, -0.25) is 4.79 Å². The van der Waals surface area contributed by atoms with Gasteiger partial charge in [0, 0.05) is 36.4 Å². The number of nitrogens with zero attached hydrogens (tertiary/aromatic N) is 6. The van der Waals surface area contributed by atoms with E-state index in [2.05, 4.69) is 31.0 Å². The summed E-state index contributed by atoms with van der Waals surface area (Å²) in [5, 5.41) is 17.1. The number of ether oxygens (including phenoxy) is 1. The Morgan fingerprint density at radius 3 is 2.78 bits per heavy atom. The average Bonchev–Trinajstić information content (AvgIpc) is 3.29. The molecule has 2 atom stereocenters. The fourth-order valence-corrected chi connectivity index (χ4v) is 3.47. The number of halogens is 1. The molecular weight excluding hydrogens is 419 g/mol. The SMILES string of the molecule is CC(=O)NCC1C[N+](C)(c2ccc(-c3ccc(Nc4nnn(C)n4)nc3)c(F)c2)C(=O)O1. The highest BCUT2D eigenvalue weighted by Crippen LogP contribution is 2.33. The zero-order valence-corrected chi connectivity index (χ0v) is 17.7. The van der Waals surface area contributed by atoms with E-state index in [9.17, 15) is 14.0 Å². The van der Waals surface area contributed by atoms with Crippen LogP contribution < -0.4 is 15.1 Å². The number of cyclic esters (lactones) is 1. The van der Waals surface area contributed by atoms with Crippen molar-refractivity contribution in [1.29, 1.82) is 0 Å². The Morgan fingerprint density at radius 2 is 2.16 bits per heavy atom. The van der Waals surface area contributed by atoms with Crippen LogP contribution in [-0.2, 0) is 16.6 Å². The Bertz CT molecular complexity index is 1170. The molecular formula is C20H22FN8O3+. The van der Waals surface area contributed by atoms with Gasteiger partial charge in [-0.25, -0.2) is 9.37 Å². The highest BCUT2D eigenvalue weighted by Gasteiger charge is 2.48. The van der Waals surface area contributed by atoms with Gasteiger partial charge in [0.25, 0.3) is 5.95 Å². The van der Waals surface area contributed by atoms with Crippen molar-refractivity contribution in [3.05, 3.63) is 42.3 Å². The molecule has 3 aromatic rings. The summed E-state index contributed by atoms with van der Waals surface area (Å²) < 4.78 is 20.1. The summed E-state index contributed by atoms with van der Waals surface area (Å²) >= 11 is 0. The number of hydrogen-bond acceptors (Lipinski definition) is 8. The Morgan fingerprint density at radius 1 is 1.34 bits per heavy atom. The number of carbonyl (C=O) groups excluding carboxylic acids is 2. The summed E-state index contributed by atoms with van der Waals surface area (Å²) in [4.78, 5) is 29.2. The lowest BCUT2D eigenvalue weighted by molar-refractivity contribution is -0.119. The molecule has 2 aromatic heterocycles. The third kappa shape index (κ3) is 4.25. The van der Waals surface area contributed by atoms with Gasteiger partial charge in [-0.1, -0.05) is 5.10 Å². The minimum atomic E-state index is -0.498. The number of quaternary nitrogens is 1. The Hall–Kier alpha value is -3.93. The van der Waals surface area contributed by atoms with E-state index >= 15 is 0 Å². The maximum Gasteiger partial charge on any atom is 0.521 e. The molecule has 166 valence electrons. The second-order valence-electron chi connectivity index (χ2n) is 7.64. The zero-order chi connectivity index (χ0) is 22.9. The van der Waals surface area contributed by atoms with Gasteiger partial charge in [-0.2, -0.15) is 14.1 Å². The summed E-state index contributed by atoms with van der Waals surface area (Å²) in [6.07, 6.45) is 0.551. The van der Waals surface area contributed by atoms with Crippen LogP contribution in [0.15, 0.2) is 36.5 Å². The molecule has 1 saturated heterocycles. The van der Waals surface area contributed by atoms with Crippen molar-refractivity contribution in [3.63, 3.8) is 0 Å². The summed E-state index contributed by atoms with van der Waals surface area (Å²) in [7, 11) is 3.31. The molecule has 2 unspecified atom stereocenters. The molecule has 1 aromatic carbocycles. The summed E-state index contributed by atoms with van der Waals surface area (Å²) in [5.41, 5.74) is 1.38. The van der Waals surface area contributed by atoms with Crippen molar-refractivity contribution >= 4 is 29.5 Å². The van der Waals surface area contributed by atoms with Crippen molar-refractivity contribution in [2.45, 2.75) is 13.0 Å². The lowest BCUT2D eigenvalue weighted by Crippen LogP contribution is -2.47. The maximum absolute atomic E-state index is 15.0. The molecule has 0 radical (unpaired) electrons. The molecule has 2 N–H and O–H groups in total. The van der Waals surface area contributed by atoms with Crippen molar-refractivity contribution in [2.75, 3.05) is 25.5 Å². The molecule has 1 aliphatic rings. The summed E-state index contributed by atoms with van der Waals surface area (Å²) in [6.45, 7) is 1.89. The number of rotatable bonds is 6. The summed E-state index contributed by atoms with van der Waals surface area (Å²) in [5.74, 6) is 0.0924. The topological polar surface area (TPSA) is 124 Å². The van der Waals surface area contributed by atoms with E-state index in [0.29, 0.717) is 28.6 Å². The molecule has 2 amide bonds. The van der Waals surface area contributed by atoms with E-state index < -0.39 is 18.0 Å². The smallest absolute Gasteiger partial charge is 0.408 e. The third-order valence-corrected chi connectivity index (χ3v) is 5.16. The molecule has 1 fully saturated rings. The van der Waals surface area contributed by atoms with Gasteiger partial charge in [-0.05, 0) is 23.4 Å². The van der Waals surface area contributed by atoms with Gasteiger partial charge in [0.2, 0.25) is 5.91 Å². The van der Waals surface area contributed by atoms with E-state index in [1.807, 2.05) is 0 Å². The molecule has 12 heteroatoms. The molecule has 4 rings (SSSR count). The largest absolute Gasteiger partial charge is 0.521 e. The molecule has 0 saturated carbocycles. The van der Waals surface area contributed by atoms with Crippen molar-refractivity contribution in [1.82, 2.24) is 35.0 Å². The first kappa shape index (κ1) is 21.3. The van der Waals surface area contributed by atoms with Crippen LogP contribution in [0.25, 0.3) is 11.1 Å². The lowest BCUT2D eigenvalue weighted by atomic mass is 10.1. The monoisotopic (exact) mass is 441 g/mol. The van der Waals surface area contributed by atoms with Gasteiger partial charge in [0.15, 0.2) is 6.10 Å². The number of likely N-dealkylation sites (N-methyl/N-ethyl adjacent to an activating group) is 1. The van der Waals surface area contributed by atoms with Crippen molar-refractivity contribution < 1.29 is 18.7 Å². The van der Waals surface area contributed by atoms with Crippen LogP contribution in [0.3, 0.4) is 0 Å². The second-order valence-corrected chi connectivity index (χ2v) is 7.64. The van der Waals surface area contributed by atoms with Gasteiger partial charge in [0.05, 0.1) is 20.6 Å². The van der Waals surface area contributed by atoms with E-state index in [-0.39, 0.29) is 23.5 Å². The standard InChI is InChI=1S/C20H21FN8O3/c1-12(30)22-10-15-11-29(3,20(31)32-15)14-5-6-16(17(21)8-14)13-4-7-18(23-9-13)24-19-25-27-28(2)26-19/h4-9,15H,10-11H2,1-3H3,(H-,22,23,24,26,30)/p+1. The second kappa shape index (κ2) is 8.30. The number of carbonyl (C=O) groups is 2. The first-order valence-corrected chi connectivity index (χ1v) is 9.83. The number of aromatic nitrogens is 5.